The van der Waals surface area contributed by atoms with E-state index in [9.17, 15) is 27.6 Å². The Labute approximate surface area is 158 Å². The summed E-state index contributed by atoms with van der Waals surface area (Å²) >= 11 is 0. The largest absolute Gasteiger partial charge is 0.455 e. The number of alkyl halides is 3. The Hall–Kier alpha value is -3.36. The van der Waals surface area contributed by atoms with E-state index >= 15 is 0 Å². The van der Waals surface area contributed by atoms with E-state index in [0.717, 1.165) is 24.3 Å². The summed E-state index contributed by atoms with van der Waals surface area (Å²) in [5.74, 6) is -1.53. The van der Waals surface area contributed by atoms with E-state index in [2.05, 4.69) is 10.6 Å². The third-order valence-electron chi connectivity index (χ3n) is 3.48. The molecule has 148 valence electrons. The van der Waals surface area contributed by atoms with Crippen molar-refractivity contribution in [3.63, 3.8) is 0 Å². The number of carbonyl (C=O) groups is 3. The van der Waals surface area contributed by atoms with Crippen LogP contribution in [0.15, 0.2) is 48.5 Å². The van der Waals surface area contributed by atoms with Gasteiger partial charge in [-0.2, -0.15) is 13.2 Å². The first-order chi connectivity index (χ1) is 13.1. The molecule has 0 fully saturated rings. The fourth-order valence-electron chi connectivity index (χ4n) is 2.21. The van der Waals surface area contributed by atoms with E-state index in [1.54, 1.807) is 24.3 Å². The standard InChI is InChI=1S/C19H17F3N2O4/c1-12(25)23-15-6-2-13(3-7-15)10-18(27)28-11-17(26)24-16-8-4-14(5-9-16)19(20,21)22/h2-9H,10-11H2,1H3,(H,23,25)(H,24,26). The average molecular weight is 394 g/mol. The predicted octanol–water partition coefficient (Wildman–Crippen LogP) is 3.39. The van der Waals surface area contributed by atoms with Gasteiger partial charge in [0, 0.05) is 18.3 Å². The van der Waals surface area contributed by atoms with E-state index < -0.39 is 30.2 Å². The lowest BCUT2D eigenvalue weighted by molar-refractivity contribution is -0.146. The molecule has 2 N–H and O–H groups in total. The molecular weight excluding hydrogens is 377 g/mol. The van der Waals surface area contributed by atoms with E-state index in [4.69, 9.17) is 4.74 Å². The lowest BCUT2D eigenvalue weighted by Gasteiger charge is -2.09. The van der Waals surface area contributed by atoms with Crippen LogP contribution in [-0.2, 0) is 31.7 Å². The quantitative estimate of drug-likeness (QED) is 0.736. The first-order valence-corrected chi connectivity index (χ1v) is 8.13. The predicted molar refractivity (Wildman–Crippen MR) is 95.5 cm³/mol. The smallest absolute Gasteiger partial charge is 0.416 e. The van der Waals surface area contributed by atoms with Gasteiger partial charge in [0.2, 0.25) is 5.91 Å². The number of halogens is 3. The van der Waals surface area contributed by atoms with Crippen LogP contribution >= 0.6 is 0 Å². The fraction of sp³-hybridized carbons (Fsp3) is 0.211. The van der Waals surface area contributed by atoms with Crippen molar-refractivity contribution in [2.24, 2.45) is 0 Å². The van der Waals surface area contributed by atoms with Crippen molar-refractivity contribution in [1.29, 1.82) is 0 Å². The zero-order valence-corrected chi connectivity index (χ0v) is 14.8. The number of anilines is 2. The zero-order valence-electron chi connectivity index (χ0n) is 14.8. The molecule has 0 radical (unpaired) electrons. The van der Waals surface area contributed by atoms with Crippen LogP contribution in [-0.4, -0.2) is 24.4 Å². The van der Waals surface area contributed by atoms with Crippen LogP contribution in [0.25, 0.3) is 0 Å². The molecule has 2 aromatic carbocycles. The Bertz CT molecular complexity index is 847. The summed E-state index contributed by atoms with van der Waals surface area (Å²) in [6.07, 6.45) is -4.54. The van der Waals surface area contributed by atoms with Crippen molar-refractivity contribution in [2.45, 2.75) is 19.5 Å². The second kappa shape index (κ2) is 9.03. The number of hydrogen-bond acceptors (Lipinski definition) is 4. The normalized spacial score (nSPS) is 10.9. The van der Waals surface area contributed by atoms with Crippen LogP contribution in [0.3, 0.4) is 0 Å². The number of amides is 2. The van der Waals surface area contributed by atoms with Crippen LogP contribution in [0, 0.1) is 0 Å². The first kappa shape index (κ1) is 20.9. The summed E-state index contributed by atoms with van der Waals surface area (Å²) in [4.78, 5) is 34.5. The SMILES string of the molecule is CC(=O)Nc1ccc(CC(=O)OCC(=O)Nc2ccc(C(F)(F)F)cc2)cc1. The molecule has 0 aliphatic heterocycles. The van der Waals surface area contributed by atoms with Crippen molar-refractivity contribution in [2.75, 3.05) is 17.2 Å². The Kier molecular flexibility index (Phi) is 6.75. The molecule has 9 heteroatoms. The molecule has 0 aliphatic carbocycles. The second-order valence-electron chi connectivity index (χ2n) is 5.84. The van der Waals surface area contributed by atoms with Crippen molar-refractivity contribution in [1.82, 2.24) is 0 Å². The molecule has 0 bridgehead atoms. The van der Waals surface area contributed by atoms with Crippen LogP contribution in [0.1, 0.15) is 18.1 Å². The zero-order chi connectivity index (χ0) is 20.7. The maximum atomic E-state index is 12.5. The maximum Gasteiger partial charge on any atom is 0.416 e. The maximum absolute atomic E-state index is 12.5. The van der Waals surface area contributed by atoms with Crippen molar-refractivity contribution < 1.29 is 32.3 Å². The van der Waals surface area contributed by atoms with Crippen LogP contribution in [0.4, 0.5) is 24.5 Å². The van der Waals surface area contributed by atoms with E-state index in [1.807, 2.05) is 0 Å². The molecule has 28 heavy (non-hydrogen) atoms. The monoisotopic (exact) mass is 394 g/mol. The molecule has 6 nitrogen and oxygen atoms in total. The number of nitrogens with one attached hydrogen (secondary N) is 2. The lowest BCUT2D eigenvalue weighted by Crippen LogP contribution is -2.21. The lowest BCUT2D eigenvalue weighted by atomic mass is 10.1. The van der Waals surface area contributed by atoms with Gasteiger partial charge in [0.25, 0.3) is 5.91 Å². The molecule has 0 spiro atoms. The molecule has 2 aromatic rings. The molecule has 0 aromatic heterocycles. The Morgan fingerprint density at radius 1 is 0.893 bits per heavy atom. The minimum absolute atomic E-state index is 0.0755. The van der Waals surface area contributed by atoms with Gasteiger partial charge in [0.05, 0.1) is 12.0 Å². The molecule has 0 heterocycles. The summed E-state index contributed by atoms with van der Waals surface area (Å²) in [5.41, 5.74) is 0.534. The van der Waals surface area contributed by atoms with Gasteiger partial charge in [0.1, 0.15) is 0 Å². The average Bonchev–Trinajstić information content (AvgIpc) is 2.61. The third kappa shape index (κ3) is 6.75. The number of ether oxygens (including phenoxy) is 1. The van der Waals surface area contributed by atoms with Crippen molar-refractivity contribution in [3.05, 3.63) is 59.7 Å². The van der Waals surface area contributed by atoms with Gasteiger partial charge in [-0.1, -0.05) is 12.1 Å². The van der Waals surface area contributed by atoms with E-state index in [-0.39, 0.29) is 18.0 Å². The van der Waals surface area contributed by atoms with Crippen molar-refractivity contribution >= 4 is 29.2 Å². The van der Waals surface area contributed by atoms with E-state index in [0.29, 0.717) is 11.3 Å². The molecular formula is C19H17F3N2O4. The highest BCUT2D eigenvalue weighted by Crippen LogP contribution is 2.29. The minimum atomic E-state index is -4.46. The fourth-order valence-corrected chi connectivity index (χ4v) is 2.21. The highest BCUT2D eigenvalue weighted by atomic mass is 19.4. The van der Waals surface area contributed by atoms with Crippen LogP contribution in [0.2, 0.25) is 0 Å². The highest BCUT2D eigenvalue weighted by molar-refractivity contribution is 5.93. The molecule has 0 saturated carbocycles. The second-order valence-corrected chi connectivity index (χ2v) is 5.84. The van der Waals surface area contributed by atoms with Gasteiger partial charge in [-0.15, -0.1) is 0 Å². The van der Waals surface area contributed by atoms with E-state index in [1.165, 1.54) is 6.92 Å². The van der Waals surface area contributed by atoms with Gasteiger partial charge in [-0.3, -0.25) is 14.4 Å². The number of benzene rings is 2. The molecule has 0 saturated heterocycles. The number of esters is 1. The van der Waals surface area contributed by atoms with Crippen molar-refractivity contribution in [3.8, 4) is 0 Å². The summed E-state index contributed by atoms with van der Waals surface area (Å²) < 4.78 is 42.3. The molecule has 0 aliphatic rings. The molecule has 2 amide bonds. The van der Waals surface area contributed by atoms with Gasteiger partial charge in [0.15, 0.2) is 6.61 Å². The summed E-state index contributed by atoms with van der Waals surface area (Å²) in [6.45, 7) is 0.810. The number of hydrogen-bond donors (Lipinski definition) is 2. The topological polar surface area (TPSA) is 84.5 Å². The highest BCUT2D eigenvalue weighted by Gasteiger charge is 2.29. The summed E-state index contributed by atoms with van der Waals surface area (Å²) in [7, 11) is 0. The Morgan fingerprint density at radius 2 is 1.43 bits per heavy atom. The summed E-state index contributed by atoms with van der Waals surface area (Å²) in [5, 5.41) is 4.93. The Balaban J connectivity index is 1.79. The number of rotatable bonds is 6. The van der Waals surface area contributed by atoms with Gasteiger partial charge < -0.3 is 15.4 Å². The first-order valence-electron chi connectivity index (χ1n) is 8.13. The van der Waals surface area contributed by atoms with Gasteiger partial charge in [-0.05, 0) is 42.0 Å². The van der Waals surface area contributed by atoms with Gasteiger partial charge >= 0.3 is 12.1 Å². The molecule has 0 unspecified atom stereocenters. The number of carbonyl (C=O) groups excluding carboxylic acids is 3. The minimum Gasteiger partial charge on any atom is -0.455 e. The van der Waals surface area contributed by atoms with Crippen LogP contribution in [0.5, 0.6) is 0 Å². The Morgan fingerprint density at radius 3 is 1.96 bits per heavy atom. The van der Waals surface area contributed by atoms with Gasteiger partial charge in [-0.25, -0.2) is 0 Å². The molecule has 0 atom stereocenters. The van der Waals surface area contributed by atoms with Crippen LogP contribution < -0.4 is 10.6 Å². The molecule has 2 rings (SSSR count). The third-order valence-corrected chi connectivity index (χ3v) is 3.48. The summed E-state index contributed by atoms with van der Waals surface area (Å²) in [6, 6.07) is 10.4.